The highest BCUT2D eigenvalue weighted by atomic mass is 16.6. The van der Waals surface area contributed by atoms with Crippen LogP contribution in [0.4, 0.5) is 0 Å². The van der Waals surface area contributed by atoms with Gasteiger partial charge in [0.1, 0.15) is 0 Å². The average molecular weight is 273 g/mol. The normalized spacial score (nSPS) is 18.1. The smallest absolute Gasteiger partial charge is 0.321 e. The molecule has 1 aliphatic rings. The quantitative estimate of drug-likeness (QED) is 0.517. The molecule has 19 heavy (non-hydrogen) atoms. The zero-order chi connectivity index (χ0) is 14.3. The van der Waals surface area contributed by atoms with Gasteiger partial charge in [0.05, 0.1) is 26.4 Å². The van der Waals surface area contributed by atoms with E-state index in [1.54, 1.807) is 13.8 Å². The van der Waals surface area contributed by atoms with Crippen molar-refractivity contribution in [2.45, 2.75) is 26.8 Å². The summed E-state index contributed by atoms with van der Waals surface area (Å²) in [5.41, 5.74) is 0. The molecule has 1 rings (SSSR count). The summed E-state index contributed by atoms with van der Waals surface area (Å²) in [7, 11) is 0. The highest BCUT2D eigenvalue weighted by Gasteiger charge is 2.38. The van der Waals surface area contributed by atoms with Gasteiger partial charge in [0.2, 0.25) is 0 Å². The highest BCUT2D eigenvalue weighted by Crippen LogP contribution is 2.17. The monoisotopic (exact) mass is 273 g/mol. The molecule has 0 aromatic heterocycles. The molecule has 0 N–H and O–H groups in total. The van der Waals surface area contributed by atoms with E-state index in [4.69, 9.17) is 14.2 Å². The van der Waals surface area contributed by atoms with E-state index in [1.807, 2.05) is 6.92 Å². The molecule has 0 aromatic carbocycles. The summed E-state index contributed by atoms with van der Waals surface area (Å²) in [6.45, 7) is 8.44. The summed E-state index contributed by atoms with van der Waals surface area (Å²) in [6, 6.07) is -0.248. The molecule has 1 saturated heterocycles. The fourth-order valence-corrected chi connectivity index (χ4v) is 2.15. The van der Waals surface area contributed by atoms with Gasteiger partial charge in [-0.25, -0.2) is 0 Å². The summed E-state index contributed by atoms with van der Waals surface area (Å²) in [4.78, 5) is 26.0. The van der Waals surface area contributed by atoms with Crippen molar-refractivity contribution in [2.24, 2.45) is 5.92 Å². The Morgan fingerprint density at radius 3 is 2.00 bits per heavy atom. The first-order valence-electron chi connectivity index (χ1n) is 6.76. The number of carbonyl (C=O) groups excluding carboxylic acids is 2. The van der Waals surface area contributed by atoms with Gasteiger partial charge in [-0.2, -0.15) is 0 Å². The number of morpholine rings is 1. The fraction of sp³-hybridized carbons (Fsp3) is 0.846. The van der Waals surface area contributed by atoms with E-state index in [1.165, 1.54) is 0 Å². The van der Waals surface area contributed by atoms with Crippen molar-refractivity contribution >= 4 is 11.9 Å². The Morgan fingerprint density at radius 2 is 1.58 bits per heavy atom. The molecule has 6 heteroatoms. The lowest BCUT2D eigenvalue weighted by atomic mass is 9.99. The van der Waals surface area contributed by atoms with Crippen LogP contribution in [0.3, 0.4) is 0 Å². The zero-order valence-corrected chi connectivity index (χ0v) is 11.9. The van der Waals surface area contributed by atoms with Crippen molar-refractivity contribution in [1.82, 2.24) is 4.90 Å². The largest absolute Gasteiger partial charge is 0.465 e. The van der Waals surface area contributed by atoms with E-state index < -0.39 is 17.9 Å². The molecular weight excluding hydrogens is 250 g/mol. The lowest BCUT2D eigenvalue weighted by Crippen LogP contribution is -2.50. The highest BCUT2D eigenvalue weighted by molar-refractivity contribution is 5.95. The van der Waals surface area contributed by atoms with Crippen LogP contribution in [-0.2, 0) is 23.8 Å². The number of hydrogen-bond donors (Lipinski definition) is 0. The van der Waals surface area contributed by atoms with Gasteiger partial charge in [0.25, 0.3) is 0 Å². The summed E-state index contributed by atoms with van der Waals surface area (Å²) >= 11 is 0. The summed E-state index contributed by atoms with van der Waals surface area (Å²) in [5, 5.41) is 0. The topological polar surface area (TPSA) is 65.1 Å². The Bertz CT molecular complexity index is 283. The maximum Gasteiger partial charge on any atom is 0.321 e. The molecule has 0 radical (unpaired) electrons. The van der Waals surface area contributed by atoms with Crippen molar-refractivity contribution < 1.29 is 23.8 Å². The van der Waals surface area contributed by atoms with Gasteiger partial charge in [-0.3, -0.25) is 14.5 Å². The maximum absolute atomic E-state index is 12.0. The van der Waals surface area contributed by atoms with Gasteiger partial charge in [-0.15, -0.1) is 0 Å². The molecule has 1 aliphatic heterocycles. The SMILES string of the molecule is CCOC(=O)C(C(=O)OCC)C(C)N1CCOCC1. The molecule has 0 aliphatic carbocycles. The summed E-state index contributed by atoms with van der Waals surface area (Å²) < 4.78 is 15.2. The first-order chi connectivity index (χ1) is 9.11. The molecule has 0 aromatic rings. The van der Waals surface area contributed by atoms with Crippen molar-refractivity contribution in [3.05, 3.63) is 0 Å². The number of rotatable bonds is 6. The Kier molecular flexibility index (Phi) is 6.80. The summed E-state index contributed by atoms with van der Waals surface area (Å²) in [5.74, 6) is -1.92. The van der Waals surface area contributed by atoms with E-state index in [9.17, 15) is 9.59 Å². The second-order valence-corrected chi connectivity index (χ2v) is 4.37. The van der Waals surface area contributed by atoms with Gasteiger partial charge >= 0.3 is 11.9 Å². The number of nitrogens with zero attached hydrogens (tertiary/aromatic N) is 1. The minimum Gasteiger partial charge on any atom is -0.465 e. The van der Waals surface area contributed by atoms with Crippen LogP contribution in [-0.4, -0.2) is 62.4 Å². The molecule has 0 amide bonds. The molecule has 6 nitrogen and oxygen atoms in total. The van der Waals surface area contributed by atoms with Gasteiger partial charge in [-0.1, -0.05) is 0 Å². The first-order valence-corrected chi connectivity index (χ1v) is 6.76. The molecule has 1 fully saturated rings. The van der Waals surface area contributed by atoms with Crippen molar-refractivity contribution in [3.63, 3.8) is 0 Å². The molecule has 0 saturated carbocycles. The number of hydrogen-bond acceptors (Lipinski definition) is 6. The van der Waals surface area contributed by atoms with Gasteiger partial charge in [0, 0.05) is 19.1 Å². The standard InChI is InChI=1S/C13H23NO5/c1-4-18-12(15)11(13(16)19-5-2)10(3)14-6-8-17-9-7-14/h10-11H,4-9H2,1-3H3. The Labute approximate surface area is 114 Å². The Balaban J connectivity index is 2.75. The van der Waals surface area contributed by atoms with E-state index in [0.29, 0.717) is 26.3 Å². The molecular formula is C13H23NO5. The number of carbonyl (C=O) groups is 2. The predicted molar refractivity (Wildman–Crippen MR) is 68.6 cm³/mol. The minimum atomic E-state index is -0.891. The lowest BCUT2D eigenvalue weighted by Gasteiger charge is -2.34. The number of ether oxygens (including phenoxy) is 3. The Morgan fingerprint density at radius 1 is 1.11 bits per heavy atom. The molecule has 1 heterocycles. The van der Waals surface area contributed by atoms with E-state index in [0.717, 1.165) is 0 Å². The van der Waals surface area contributed by atoms with Gasteiger partial charge < -0.3 is 14.2 Å². The van der Waals surface area contributed by atoms with Crippen LogP contribution in [0.1, 0.15) is 20.8 Å². The third-order valence-corrected chi connectivity index (χ3v) is 3.19. The van der Waals surface area contributed by atoms with Crippen LogP contribution in [0.5, 0.6) is 0 Å². The number of esters is 2. The second kappa shape index (κ2) is 8.12. The minimum absolute atomic E-state index is 0.248. The van der Waals surface area contributed by atoms with Crippen molar-refractivity contribution in [2.75, 3.05) is 39.5 Å². The molecule has 1 atom stereocenters. The van der Waals surface area contributed by atoms with Gasteiger partial charge in [-0.05, 0) is 20.8 Å². The zero-order valence-electron chi connectivity index (χ0n) is 11.9. The van der Waals surface area contributed by atoms with Crippen LogP contribution in [0.15, 0.2) is 0 Å². The molecule has 110 valence electrons. The van der Waals surface area contributed by atoms with Crippen LogP contribution in [0.25, 0.3) is 0 Å². The third-order valence-electron chi connectivity index (χ3n) is 3.19. The molecule has 0 spiro atoms. The van der Waals surface area contributed by atoms with Crippen LogP contribution >= 0.6 is 0 Å². The fourth-order valence-electron chi connectivity index (χ4n) is 2.15. The maximum atomic E-state index is 12.0. The molecule has 0 bridgehead atoms. The Hall–Kier alpha value is -1.14. The molecule has 1 unspecified atom stereocenters. The first kappa shape index (κ1) is 15.9. The van der Waals surface area contributed by atoms with Crippen LogP contribution < -0.4 is 0 Å². The van der Waals surface area contributed by atoms with Crippen LogP contribution in [0, 0.1) is 5.92 Å². The van der Waals surface area contributed by atoms with Gasteiger partial charge in [0.15, 0.2) is 5.92 Å². The average Bonchev–Trinajstić information content (AvgIpc) is 2.40. The predicted octanol–water partition coefficient (Wildman–Crippen LogP) is 0.450. The van der Waals surface area contributed by atoms with Crippen molar-refractivity contribution in [1.29, 1.82) is 0 Å². The van der Waals surface area contributed by atoms with E-state index in [2.05, 4.69) is 4.90 Å². The van der Waals surface area contributed by atoms with Crippen LogP contribution in [0.2, 0.25) is 0 Å². The lowest BCUT2D eigenvalue weighted by molar-refractivity contribution is -0.165. The van der Waals surface area contributed by atoms with E-state index in [-0.39, 0.29) is 19.3 Å². The van der Waals surface area contributed by atoms with E-state index >= 15 is 0 Å². The summed E-state index contributed by atoms with van der Waals surface area (Å²) in [6.07, 6.45) is 0. The third kappa shape index (κ3) is 4.47. The van der Waals surface area contributed by atoms with Crippen molar-refractivity contribution in [3.8, 4) is 0 Å². The second-order valence-electron chi connectivity index (χ2n) is 4.37.